The van der Waals surface area contributed by atoms with Crippen molar-refractivity contribution in [3.05, 3.63) is 52.8 Å². The van der Waals surface area contributed by atoms with Crippen LogP contribution in [0.5, 0.6) is 0 Å². The topological polar surface area (TPSA) is 129 Å². The predicted molar refractivity (Wildman–Crippen MR) is 99.3 cm³/mol. The number of alkyl halides is 3. The molecule has 4 N–H and O–H groups in total. The van der Waals surface area contributed by atoms with Crippen LogP contribution in [0.3, 0.4) is 0 Å². The smallest absolute Gasteiger partial charge is 0.416 e. The first-order valence-electron chi connectivity index (χ1n) is 8.91. The maximum atomic E-state index is 12.9. The first-order valence-corrected chi connectivity index (χ1v) is 8.91. The van der Waals surface area contributed by atoms with Gasteiger partial charge in [-0.05, 0) is 23.8 Å². The van der Waals surface area contributed by atoms with Crippen LogP contribution >= 0.6 is 0 Å². The number of hydrogen-bond donors (Lipinski definition) is 3. The Kier molecular flexibility index (Phi) is 5.78. The van der Waals surface area contributed by atoms with Crippen molar-refractivity contribution in [3.8, 4) is 0 Å². The number of amidine groups is 1. The summed E-state index contributed by atoms with van der Waals surface area (Å²) in [6.45, 7) is 1.82. The lowest BCUT2D eigenvalue weighted by atomic mass is 10.0. The van der Waals surface area contributed by atoms with Gasteiger partial charge in [-0.2, -0.15) is 23.0 Å². The van der Waals surface area contributed by atoms with E-state index in [9.17, 15) is 22.8 Å². The number of benzene rings is 1. The van der Waals surface area contributed by atoms with Gasteiger partial charge in [0.15, 0.2) is 5.69 Å². The molecule has 9 nitrogen and oxygen atoms in total. The molecule has 0 bridgehead atoms. The molecule has 160 valence electrons. The third kappa shape index (κ3) is 4.59. The number of aromatic carboxylic acids is 1. The molecule has 1 saturated heterocycles. The van der Waals surface area contributed by atoms with E-state index in [1.807, 2.05) is 4.90 Å². The number of hydrogen-bond acceptors (Lipinski definition) is 5. The highest BCUT2D eigenvalue weighted by atomic mass is 19.4. The second-order valence-corrected chi connectivity index (χ2v) is 6.78. The molecule has 1 aromatic carbocycles. The minimum atomic E-state index is -4.53. The summed E-state index contributed by atoms with van der Waals surface area (Å²) >= 11 is 0. The van der Waals surface area contributed by atoms with Crippen LogP contribution in [-0.4, -0.2) is 68.7 Å². The van der Waals surface area contributed by atoms with Crippen LogP contribution in [-0.2, 0) is 12.7 Å². The average molecular weight is 424 g/mol. The number of rotatable bonds is 4. The fourth-order valence-electron chi connectivity index (χ4n) is 3.17. The molecule has 1 aromatic heterocycles. The second kappa shape index (κ2) is 8.14. The van der Waals surface area contributed by atoms with E-state index in [2.05, 4.69) is 5.10 Å². The molecular formula is C18H19F3N6O3. The summed E-state index contributed by atoms with van der Waals surface area (Å²) in [6.07, 6.45) is -3.25. The van der Waals surface area contributed by atoms with Gasteiger partial charge in [0, 0.05) is 44.5 Å². The van der Waals surface area contributed by atoms with Crippen molar-refractivity contribution in [2.75, 3.05) is 26.2 Å². The number of halogens is 3. The number of nitrogens with one attached hydrogen (secondary N) is 1. The lowest BCUT2D eigenvalue weighted by Gasteiger charge is -2.34. The summed E-state index contributed by atoms with van der Waals surface area (Å²) in [6, 6.07) is 3.91. The number of nitrogen functional groups attached to an aromatic ring is 1. The molecule has 1 fully saturated rings. The van der Waals surface area contributed by atoms with Crippen LogP contribution in [0.2, 0.25) is 0 Å². The maximum absolute atomic E-state index is 12.9. The summed E-state index contributed by atoms with van der Waals surface area (Å²) in [5.74, 6) is -1.68. The molecule has 3 rings (SSSR count). The zero-order chi connectivity index (χ0) is 22.1. The van der Waals surface area contributed by atoms with Gasteiger partial charge in [-0.15, -0.1) is 0 Å². The van der Waals surface area contributed by atoms with Crippen LogP contribution in [0.15, 0.2) is 30.5 Å². The lowest BCUT2D eigenvalue weighted by molar-refractivity contribution is -0.137. The van der Waals surface area contributed by atoms with Gasteiger partial charge in [0.25, 0.3) is 0 Å². The Hall–Kier alpha value is -3.41. The molecule has 0 aliphatic carbocycles. The Morgan fingerprint density at radius 3 is 2.37 bits per heavy atom. The van der Waals surface area contributed by atoms with Crippen molar-refractivity contribution in [1.82, 2.24) is 19.6 Å². The molecule has 0 unspecified atom stereocenters. The quantitative estimate of drug-likeness (QED) is 0.506. The van der Waals surface area contributed by atoms with Crippen molar-refractivity contribution >= 4 is 17.8 Å². The van der Waals surface area contributed by atoms with Crippen molar-refractivity contribution in [2.45, 2.75) is 12.7 Å². The van der Waals surface area contributed by atoms with Gasteiger partial charge >= 0.3 is 18.2 Å². The van der Waals surface area contributed by atoms with E-state index in [0.717, 1.165) is 16.8 Å². The number of nitrogens with two attached hydrogens (primary N) is 1. The average Bonchev–Trinajstić information content (AvgIpc) is 3.18. The minimum Gasteiger partial charge on any atom is -0.476 e. The molecule has 0 saturated carbocycles. The van der Waals surface area contributed by atoms with Crippen molar-refractivity contribution in [2.24, 2.45) is 5.73 Å². The first kappa shape index (κ1) is 21.3. The minimum absolute atomic E-state index is 0.0288. The molecule has 12 heteroatoms. The van der Waals surface area contributed by atoms with Crippen LogP contribution in [0.25, 0.3) is 0 Å². The number of aromatic nitrogens is 2. The monoisotopic (exact) mass is 424 g/mol. The number of amides is 1. The van der Waals surface area contributed by atoms with E-state index in [1.165, 1.54) is 23.2 Å². The van der Waals surface area contributed by atoms with Crippen molar-refractivity contribution < 1.29 is 27.9 Å². The van der Waals surface area contributed by atoms with Crippen molar-refractivity contribution in [3.63, 3.8) is 0 Å². The number of piperazine rings is 1. The second-order valence-electron chi connectivity index (χ2n) is 6.78. The van der Waals surface area contributed by atoms with E-state index in [0.29, 0.717) is 31.7 Å². The summed E-state index contributed by atoms with van der Waals surface area (Å²) in [5.41, 5.74) is 4.89. The van der Waals surface area contributed by atoms with Gasteiger partial charge in [0.1, 0.15) is 5.84 Å². The third-order valence-electron chi connectivity index (χ3n) is 4.77. The molecule has 0 spiro atoms. The van der Waals surface area contributed by atoms with E-state index < -0.39 is 29.6 Å². The highest BCUT2D eigenvalue weighted by molar-refractivity contribution is 5.96. The van der Waals surface area contributed by atoms with E-state index >= 15 is 0 Å². The fourth-order valence-corrected chi connectivity index (χ4v) is 3.17. The molecule has 30 heavy (non-hydrogen) atoms. The normalized spacial score (nSPS) is 15.2. The lowest BCUT2D eigenvalue weighted by Crippen LogP contribution is -2.49. The molecule has 2 heterocycles. The van der Waals surface area contributed by atoms with Gasteiger partial charge in [-0.1, -0.05) is 6.07 Å². The summed E-state index contributed by atoms with van der Waals surface area (Å²) in [5, 5.41) is 20.2. The highest BCUT2D eigenvalue weighted by Crippen LogP contribution is 2.31. The summed E-state index contributed by atoms with van der Waals surface area (Å²) < 4.78 is 39.7. The molecule has 1 aliphatic heterocycles. The molecular weight excluding hydrogens is 405 g/mol. The van der Waals surface area contributed by atoms with Crippen LogP contribution < -0.4 is 5.73 Å². The Labute approximate surface area is 169 Å². The van der Waals surface area contributed by atoms with Gasteiger partial charge in [-0.25, -0.2) is 9.59 Å². The zero-order valence-corrected chi connectivity index (χ0v) is 15.7. The van der Waals surface area contributed by atoms with Gasteiger partial charge in [0.2, 0.25) is 0 Å². The molecule has 0 atom stereocenters. The van der Waals surface area contributed by atoms with Crippen LogP contribution in [0, 0.1) is 5.41 Å². The fraction of sp³-hybridized carbons (Fsp3) is 0.333. The Bertz CT molecular complexity index is 980. The SMILES string of the molecule is N=C(N)c1cc(C(F)(F)F)ccc1CN1CCN(C(=O)n2ccc(C(=O)O)n2)CC1. The Morgan fingerprint density at radius 1 is 1.17 bits per heavy atom. The molecule has 0 radical (unpaired) electrons. The standard InChI is InChI=1S/C18H19F3N6O3/c19-18(20,21)12-2-1-11(13(9-12)15(22)23)10-25-5-7-26(8-6-25)17(30)27-4-3-14(24-27)16(28)29/h1-4,9H,5-8,10H2,(H3,22,23)(H,28,29). The largest absolute Gasteiger partial charge is 0.476 e. The summed E-state index contributed by atoms with van der Waals surface area (Å²) in [7, 11) is 0. The van der Waals surface area contributed by atoms with Gasteiger partial charge in [0.05, 0.1) is 5.56 Å². The number of carboxylic acid groups (broad SMARTS) is 1. The Balaban J connectivity index is 1.65. The first-order chi connectivity index (χ1) is 14.1. The third-order valence-corrected chi connectivity index (χ3v) is 4.77. The molecule has 1 amide bonds. The van der Waals surface area contributed by atoms with Crippen LogP contribution in [0.4, 0.5) is 18.0 Å². The van der Waals surface area contributed by atoms with Gasteiger partial charge in [-0.3, -0.25) is 10.3 Å². The van der Waals surface area contributed by atoms with Gasteiger partial charge < -0.3 is 15.7 Å². The number of carbonyl (C=O) groups is 2. The maximum Gasteiger partial charge on any atom is 0.416 e. The predicted octanol–water partition coefficient (Wildman–Crippen LogP) is 1.67. The highest BCUT2D eigenvalue weighted by Gasteiger charge is 2.31. The van der Waals surface area contributed by atoms with Crippen LogP contribution in [0.1, 0.15) is 27.2 Å². The zero-order valence-electron chi connectivity index (χ0n) is 15.7. The summed E-state index contributed by atoms with van der Waals surface area (Å²) in [4.78, 5) is 26.8. The number of nitrogens with zero attached hydrogens (tertiary/aromatic N) is 4. The van der Waals surface area contributed by atoms with Crippen molar-refractivity contribution in [1.29, 1.82) is 5.41 Å². The van der Waals surface area contributed by atoms with E-state index in [1.54, 1.807) is 0 Å². The number of carboxylic acids is 1. The molecule has 2 aromatic rings. The Morgan fingerprint density at radius 2 is 1.83 bits per heavy atom. The van der Waals surface area contributed by atoms with E-state index in [-0.39, 0.29) is 17.8 Å². The molecule has 1 aliphatic rings. The van der Waals surface area contributed by atoms with E-state index in [4.69, 9.17) is 16.2 Å². The number of carbonyl (C=O) groups excluding carboxylic acids is 1.